The molecule has 8 heteroatoms. The van der Waals surface area contributed by atoms with E-state index in [-0.39, 0.29) is 5.92 Å². The van der Waals surface area contributed by atoms with Crippen LogP contribution in [0.4, 0.5) is 0 Å². The molecule has 0 aromatic carbocycles. The summed E-state index contributed by atoms with van der Waals surface area (Å²) in [5.74, 6) is 1.16. The Balaban J connectivity index is 0.000000518. The molecule has 0 aliphatic carbocycles. The maximum absolute atomic E-state index is 12.0. The summed E-state index contributed by atoms with van der Waals surface area (Å²) in [6.45, 7) is 7.11. The molecule has 1 fully saturated rings. The van der Waals surface area contributed by atoms with Gasteiger partial charge in [0.15, 0.2) is 9.84 Å². The summed E-state index contributed by atoms with van der Waals surface area (Å²) in [6, 6.07) is 0. The van der Waals surface area contributed by atoms with E-state index in [9.17, 15) is 21.0 Å². The number of hydrogen-bond acceptors (Lipinski definition) is 5. The largest absolute Gasteiger partial charge is 0.285 e. The van der Waals surface area contributed by atoms with Gasteiger partial charge in [-0.1, -0.05) is 13.8 Å². The first-order valence-corrected chi connectivity index (χ1v) is 13.9. The van der Waals surface area contributed by atoms with Crippen LogP contribution in [0.1, 0.15) is 40.5 Å². The van der Waals surface area contributed by atoms with E-state index in [2.05, 4.69) is 0 Å². The molecule has 5 nitrogen and oxygen atoms in total. The van der Waals surface area contributed by atoms with Gasteiger partial charge in [-0.05, 0) is 45.1 Å². The molecule has 1 aliphatic heterocycles. The second kappa shape index (κ2) is 8.24. The minimum Gasteiger partial charge on any atom is -0.285 e. The van der Waals surface area contributed by atoms with Gasteiger partial charge >= 0.3 is 0 Å². The third-order valence-corrected chi connectivity index (χ3v) is 9.81. The highest BCUT2D eigenvalue weighted by Gasteiger charge is 2.32. The fourth-order valence-corrected chi connectivity index (χ4v) is 8.37. The van der Waals surface area contributed by atoms with Crippen LogP contribution in [0.5, 0.6) is 0 Å². The van der Waals surface area contributed by atoms with E-state index < -0.39 is 40.1 Å². The van der Waals surface area contributed by atoms with E-state index in [0.717, 1.165) is 12.8 Å². The molecule has 0 radical (unpaired) electrons. The number of hydrogen-bond donors (Lipinski definition) is 1. The Morgan fingerprint density at radius 2 is 1.41 bits per heavy atom. The van der Waals surface area contributed by atoms with Gasteiger partial charge in [-0.2, -0.15) is 0 Å². The van der Waals surface area contributed by atoms with Crippen molar-refractivity contribution in [2.75, 3.05) is 29.8 Å². The summed E-state index contributed by atoms with van der Waals surface area (Å²) < 4.78 is 56.7. The summed E-state index contributed by atoms with van der Waals surface area (Å²) >= 11 is 0. The fraction of sp³-hybridized carbons (Fsp3) is 1.00. The minimum atomic E-state index is -3.14. The molecule has 0 bridgehead atoms. The molecule has 0 amide bonds. The standard InChI is InChI=1S/C10H24O3S2.C4H8O2S/c1-8(2)10(7-14(5,6)11)15(12,13)9(3)4;5-7(6)3-1-2-4-7/h8-10,14H,7H2,1-6H3;1-4H2. The van der Waals surface area contributed by atoms with Gasteiger partial charge in [0.2, 0.25) is 0 Å². The van der Waals surface area contributed by atoms with Crippen LogP contribution >= 0.6 is 0 Å². The zero-order chi connectivity index (χ0) is 17.8. The molecule has 136 valence electrons. The Kier molecular flexibility index (Phi) is 8.26. The lowest BCUT2D eigenvalue weighted by molar-refractivity contribution is 0.538. The van der Waals surface area contributed by atoms with Gasteiger partial charge in [0.25, 0.3) is 0 Å². The molecule has 0 spiro atoms. The average molecular weight is 377 g/mol. The molecule has 1 saturated heterocycles. The minimum absolute atomic E-state index is 0.0191. The summed E-state index contributed by atoms with van der Waals surface area (Å²) in [5.41, 5.74) is 0. The molecular formula is C14H32O5S3. The van der Waals surface area contributed by atoms with Crippen molar-refractivity contribution in [1.29, 1.82) is 0 Å². The van der Waals surface area contributed by atoms with Gasteiger partial charge in [0, 0.05) is 5.75 Å². The van der Waals surface area contributed by atoms with Crippen LogP contribution in [-0.2, 0) is 29.6 Å². The lowest BCUT2D eigenvalue weighted by Crippen LogP contribution is -2.39. The van der Waals surface area contributed by atoms with E-state index in [1.54, 1.807) is 26.4 Å². The third-order valence-electron chi connectivity index (χ3n) is 3.60. The topological polar surface area (TPSA) is 85.3 Å². The van der Waals surface area contributed by atoms with Crippen LogP contribution in [0.3, 0.4) is 0 Å². The lowest BCUT2D eigenvalue weighted by atomic mass is 10.1. The van der Waals surface area contributed by atoms with E-state index >= 15 is 0 Å². The van der Waals surface area contributed by atoms with Crippen LogP contribution in [0.2, 0.25) is 0 Å². The zero-order valence-electron chi connectivity index (χ0n) is 14.6. The normalized spacial score (nSPS) is 20.5. The predicted molar refractivity (Wildman–Crippen MR) is 96.8 cm³/mol. The third kappa shape index (κ3) is 8.06. The highest BCUT2D eigenvalue weighted by molar-refractivity contribution is 8.03. The van der Waals surface area contributed by atoms with Gasteiger partial charge in [-0.25, -0.2) is 16.8 Å². The van der Waals surface area contributed by atoms with E-state index in [0.29, 0.717) is 17.3 Å². The SMILES string of the molecule is CC(C)C(C[SH](C)(C)=O)S(=O)(=O)C(C)C.O=S1(=O)CCCC1. The second-order valence-corrected chi connectivity index (χ2v) is 15.6. The maximum atomic E-state index is 12.0. The van der Waals surface area contributed by atoms with E-state index in [1.807, 2.05) is 13.8 Å². The Bertz CT molecular complexity index is 570. The van der Waals surface area contributed by atoms with Crippen molar-refractivity contribution >= 4 is 29.6 Å². The van der Waals surface area contributed by atoms with Crippen molar-refractivity contribution in [1.82, 2.24) is 0 Å². The molecule has 0 aromatic heterocycles. The Hall–Kier alpha value is 0.0500. The smallest absolute Gasteiger partial charge is 0.156 e. The molecule has 22 heavy (non-hydrogen) atoms. The van der Waals surface area contributed by atoms with Gasteiger partial charge < -0.3 is 0 Å². The first-order valence-electron chi connectivity index (χ1n) is 7.66. The average Bonchev–Trinajstić information content (AvgIpc) is 2.69. The first-order chi connectivity index (χ1) is 9.69. The van der Waals surface area contributed by atoms with Gasteiger partial charge in [0.05, 0.1) is 22.0 Å². The van der Waals surface area contributed by atoms with Crippen LogP contribution in [0.25, 0.3) is 0 Å². The van der Waals surface area contributed by atoms with E-state index in [1.165, 1.54) is 0 Å². The predicted octanol–water partition coefficient (Wildman–Crippen LogP) is 1.31. The molecule has 1 aliphatic rings. The van der Waals surface area contributed by atoms with Crippen molar-refractivity contribution in [3.8, 4) is 0 Å². The molecular weight excluding hydrogens is 344 g/mol. The summed E-state index contributed by atoms with van der Waals surface area (Å²) in [4.78, 5) is 0. The summed E-state index contributed by atoms with van der Waals surface area (Å²) in [6.07, 6.45) is 5.06. The Morgan fingerprint density at radius 3 is 1.59 bits per heavy atom. The molecule has 1 rings (SSSR count). The molecule has 0 aromatic rings. The van der Waals surface area contributed by atoms with Gasteiger partial charge in [-0.15, -0.1) is 9.93 Å². The Morgan fingerprint density at radius 1 is 1.00 bits per heavy atom. The highest BCUT2D eigenvalue weighted by atomic mass is 32.2. The van der Waals surface area contributed by atoms with E-state index in [4.69, 9.17) is 0 Å². The summed E-state index contributed by atoms with van der Waals surface area (Å²) in [5, 5.41) is -0.866. The fourth-order valence-electron chi connectivity index (χ4n) is 2.22. The molecule has 0 saturated carbocycles. The van der Waals surface area contributed by atoms with Gasteiger partial charge in [0.1, 0.15) is 9.84 Å². The van der Waals surface area contributed by atoms with Crippen molar-refractivity contribution < 1.29 is 21.0 Å². The second-order valence-electron chi connectivity index (χ2n) is 7.04. The van der Waals surface area contributed by atoms with Crippen LogP contribution in [-0.4, -0.2) is 61.3 Å². The quantitative estimate of drug-likeness (QED) is 0.731. The molecule has 1 heterocycles. The zero-order valence-corrected chi connectivity index (χ0v) is 17.1. The van der Waals surface area contributed by atoms with Crippen molar-refractivity contribution in [3.63, 3.8) is 0 Å². The number of rotatable bonds is 5. The molecule has 1 atom stereocenters. The van der Waals surface area contributed by atoms with Gasteiger partial charge in [-0.3, -0.25) is 4.21 Å². The highest BCUT2D eigenvalue weighted by Crippen LogP contribution is 2.20. The first kappa shape index (κ1) is 22.1. The van der Waals surface area contributed by atoms with Crippen molar-refractivity contribution in [3.05, 3.63) is 0 Å². The van der Waals surface area contributed by atoms with Crippen LogP contribution < -0.4 is 0 Å². The number of thiol groups is 1. The molecule has 0 N–H and O–H groups in total. The lowest BCUT2D eigenvalue weighted by Gasteiger charge is -2.26. The van der Waals surface area contributed by atoms with Crippen molar-refractivity contribution in [2.45, 2.75) is 51.0 Å². The van der Waals surface area contributed by atoms with Crippen LogP contribution in [0, 0.1) is 5.92 Å². The summed E-state index contributed by atoms with van der Waals surface area (Å²) in [7, 11) is -7.98. The number of sulfone groups is 2. The monoisotopic (exact) mass is 376 g/mol. The van der Waals surface area contributed by atoms with Crippen LogP contribution in [0.15, 0.2) is 0 Å². The van der Waals surface area contributed by atoms with Crippen molar-refractivity contribution in [2.24, 2.45) is 5.92 Å². The Labute approximate surface area is 137 Å². The maximum Gasteiger partial charge on any atom is 0.156 e. The molecule has 1 unspecified atom stereocenters.